The van der Waals surface area contributed by atoms with Crippen molar-refractivity contribution in [1.29, 1.82) is 5.41 Å². The van der Waals surface area contributed by atoms with Crippen LogP contribution in [0.3, 0.4) is 0 Å². The number of amidine groups is 1. The van der Waals surface area contributed by atoms with Crippen molar-refractivity contribution in [2.45, 2.75) is 57.5 Å². The second kappa shape index (κ2) is 19.8. The summed E-state index contributed by atoms with van der Waals surface area (Å²) in [5.74, 6) is -3.61. The molecule has 0 saturated carbocycles. The van der Waals surface area contributed by atoms with Crippen molar-refractivity contribution in [1.82, 2.24) is 16.0 Å². The molecule has 5 aromatic rings. The minimum atomic E-state index is -3.78. The second-order valence-electron chi connectivity index (χ2n) is 15.2. The zero-order valence-corrected chi connectivity index (χ0v) is 33.6. The molecule has 6 N–H and O–H groups in total. The summed E-state index contributed by atoms with van der Waals surface area (Å²) in [7, 11) is -3.78. The van der Waals surface area contributed by atoms with Crippen LogP contribution in [0.2, 0.25) is 0 Å². The number of hydrogen-bond acceptors (Lipinski definition) is 7. The second-order valence-corrected chi connectivity index (χ2v) is 17.3. The van der Waals surface area contributed by atoms with E-state index in [1.165, 1.54) is 0 Å². The van der Waals surface area contributed by atoms with Crippen molar-refractivity contribution in [2.24, 2.45) is 17.6 Å². The summed E-state index contributed by atoms with van der Waals surface area (Å²) in [6.07, 6.45) is 0.405. The van der Waals surface area contributed by atoms with E-state index in [0.717, 1.165) is 38.9 Å². The molecular weight excluding hydrogens is 763 g/mol. The Balaban J connectivity index is 1.31. The van der Waals surface area contributed by atoms with Crippen molar-refractivity contribution in [2.75, 3.05) is 5.75 Å². The van der Waals surface area contributed by atoms with Crippen molar-refractivity contribution < 1.29 is 27.6 Å². The third-order valence-corrected chi connectivity index (χ3v) is 12.1. The molecule has 2 aliphatic heterocycles. The van der Waals surface area contributed by atoms with Crippen LogP contribution in [0.5, 0.6) is 0 Å². The number of nitrogens with two attached hydrogens (primary N) is 1. The number of benzene rings is 5. The van der Waals surface area contributed by atoms with Crippen LogP contribution in [0.25, 0.3) is 0 Å². The summed E-state index contributed by atoms with van der Waals surface area (Å²) in [6.45, 7) is 0.640. The standard InChI is InChI=1S/C47H49N5O6S/c48-46(49)40-18-16-34(17-19-40)27-52-47(56)41-22-36-8-4-10-38(20-36)28-50-44(54)24-32-12-14-33(15-13-32)25-45(55)51-29-39-11-5-9-37(21-39)23-42(43(53)26-41)31-59(57,58)30-35-6-2-1-3-7-35/h1-21,41-42H,22-31H2,(H3,48,49)(H,50,54)(H,51,55)(H,52,56)/t41-,42+/m1/s1. The van der Waals surface area contributed by atoms with Crippen LogP contribution in [0.15, 0.2) is 127 Å². The summed E-state index contributed by atoms with van der Waals surface area (Å²) >= 11 is 0. The Morgan fingerprint density at radius 3 is 1.75 bits per heavy atom. The molecule has 0 spiro atoms. The van der Waals surface area contributed by atoms with E-state index in [1.54, 1.807) is 48.5 Å². The number of ketones is 1. The van der Waals surface area contributed by atoms with Gasteiger partial charge in [-0.2, -0.15) is 0 Å². The summed E-state index contributed by atoms with van der Waals surface area (Å²) in [6, 6.07) is 38.0. The van der Waals surface area contributed by atoms with Crippen molar-refractivity contribution in [3.8, 4) is 0 Å². The fourth-order valence-electron chi connectivity index (χ4n) is 7.24. The summed E-state index contributed by atoms with van der Waals surface area (Å²) in [4.78, 5) is 54.4. The Bertz CT molecular complexity index is 2400. The lowest BCUT2D eigenvalue weighted by Crippen LogP contribution is -2.36. The molecule has 0 saturated heterocycles. The number of nitrogens with one attached hydrogen (secondary N) is 4. The molecule has 2 heterocycles. The number of fused-ring (bicyclic) bond motifs is 13. The SMILES string of the molecule is N=C(N)c1ccc(CNC(=O)[C@H]2CC(=O)[C@H](CS(=O)(=O)Cc3ccccc3)Cc3cccc(c3)CNC(=O)Cc3ccc(cc3)CC(=O)NCc3cccc(c3)C2)cc1. The first kappa shape index (κ1) is 42.2. The molecule has 5 aromatic carbocycles. The molecule has 11 nitrogen and oxygen atoms in total. The molecule has 0 aromatic heterocycles. The first-order chi connectivity index (χ1) is 28.4. The topological polar surface area (TPSA) is 188 Å². The minimum absolute atomic E-state index is 0.0703. The van der Waals surface area contributed by atoms with Gasteiger partial charge < -0.3 is 21.7 Å². The van der Waals surface area contributed by atoms with E-state index in [9.17, 15) is 27.6 Å². The summed E-state index contributed by atoms with van der Waals surface area (Å²) in [5, 5.41) is 16.6. The van der Waals surface area contributed by atoms with Gasteiger partial charge in [0.2, 0.25) is 17.7 Å². The molecule has 0 unspecified atom stereocenters. The molecule has 0 aliphatic carbocycles. The molecular formula is C47H49N5O6S. The normalized spacial score (nSPS) is 16.9. The number of Topliss-reactive ketones (excluding diaryl/α,β-unsaturated/α-hetero) is 1. The zero-order chi connectivity index (χ0) is 41.8. The number of rotatable bonds is 8. The third-order valence-electron chi connectivity index (χ3n) is 10.4. The number of carbonyl (C=O) groups excluding carboxylic acids is 4. The molecule has 7 rings (SSSR count). The van der Waals surface area contributed by atoms with Gasteiger partial charge in [0.25, 0.3) is 0 Å². The number of sulfone groups is 1. The maximum absolute atomic E-state index is 14.5. The Kier molecular flexibility index (Phi) is 14.2. The van der Waals surface area contributed by atoms with Gasteiger partial charge >= 0.3 is 0 Å². The van der Waals surface area contributed by atoms with Crippen LogP contribution in [0.4, 0.5) is 0 Å². The van der Waals surface area contributed by atoms with Gasteiger partial charge in [-0.3, -0.25) is 24.6 Å². The van der Waals surface area contributed by atoms with Gasteiger partial charge in [0, 0.05) is 43.5 Å². The summed E-state index contributed by atoms with van der Waals surface area (Å²) < 4.78 is 27.5. The van der Waals surface area contributed by atoms with Crippen LogP contribution in [0.1, 0.15) is 56.5 Å². The predicted molar refractivity (Wildman–Crippen MR) is 228 cm³/mol. The first-order valence-electron chi connectivity index (χ1n) is 19.6. The monoisotopic (exact) mass is 811 g/mol. The van der Waals surface area contributed by atoms with E-state index in [-0.39, 0.29) is 86.8 Å². The number of carbonyl (C=O) groups is 4. The predicted octanol–water partition coefficient (Wildman–Crippen LogP) is 4.91. The van der Waals surface area contributed by atoms with Crippen molar-refractivity contribution in [3.63, 3.8) is 0 Å². The molecule has 304 valence electrons. The Morgan fingerprint density at radius 1 is 0.644 bits per heavy atom. The highest BCUT2D eigenvalue weighted by molar-refractivity contribution is 7.90. The van der Waals surface area contributed by atoms with E-state index in [2.05, 4.69) is 16.0 Å². The quantitative estimate of drug-likeness (QED) is 0.109. The van der Waals surface area contributed by atoms with Gasteiger partial charge in [0.05, 0.1) is 24.3 Å². The minimum Gasteiger partial charge on any atom is -0.384 e. The Morgan fingerprint density at radius 2 is 1.19 bits per heavy atom. The number of hydrogen-bond donors (Lipinski definition) is 5. The smallest absolute Gasteiger partial charge is 0.224 e. The van der Waals surface area contributed by atoms with Gasteiger partial charge in [0.15, 0.2) is 9.84 Å². The molecule has 3 amide bonds. The molecule has 59 heavy (non-hydrogen) atoms. The largest absolute Gasteiger partial charge is 0.384 e. The van der Waals surface area contributed by atoms with Gasteiger partial charge in [-0.25, -0.2) is 8.42 Å². The third kappa shape index (κ3) is 13.1. The van der Waals surface area contributed by atoms with Crippen LogP contribution in [0, 0.1) is 17.2 Å². The molecule has 0 radical (unpaired) electrons. The maximum atomic E-state index is 14.5. The van der Waals surface area contributed by atoms with E-state index in [0.29, 0.717) is 11.1 Å². The fraction of sp³-hybridized carbons (Fsp3) is 0.255. The molecule has 6 bridgehead atoms. The van der Waals surface area contributed by atoms with Crippen molar-refractivity contribution >= 4 is 39.2 Å². The lowest BCUT2D eigenvalue weighted by molar-refractivity contribution is -0.130. The van der Waals surface area contributed by atoms with E-state index in [4.69, 9.17) is 11.1 Å². The van der Waals surface area contributed by atoms with Crippen LogP contribution in [-0.2, 0) is 80.1 Å². The molecule has 2 atom stereocenters. The molecule has 2 aliphatic rings. The Labute approximate surface area is 345 Å². The van der Waals surface area contributed by atoms with Crippen molar-refractivity contribution in [3.05, 3.63) is 177 Å². The lowest BCUT2D eigenvalue weighted by Gasteiger charge is -2.22. The van der Waals surface area contributed by atoms with Gasteiger partial charge in [0.1, 0.15) is 11.6 Å². The number of nitrogen functional groups attached to an aromatic ring is 1. The highest BCUT2D eigenvalue weighted by Gasteiger charge is 2.31. The van der Waals surface area contributed by atoms with Crippen LogP contribution < -0.4 is 21.7 Å². The lowest BCUT2D eigenvalue weighted by atomic mass is 9.86. The maximum Gasteiger partial charge on any atom is 0.224 e. The van der Waals surface area contributed by atoms with E-state index >= 15 is 0 Å². The zero-order valence-electron chi connectivity index (χ0n) is 32.8. The Hall–Kier alpha value is -6.40. The summed E-state index contributed by atoms with van der Waals surface area (Å²) in [5.41, 5.74) is 12.3. The van der Waals surface area contributed by atoms with E-state index < -0.39 is 27.4 Å². The van der Waals surface area contributed by atoms with Gasteiger partial charge in [-0.05, 0) is 57.3 Å². The average molecular weight is 812 g/mol. The fourth-order valence-corrected chi connectivity index (χ4v) is 8.97. The molecule has 0 fully saturated rings. The first-order valence-corrected chi connectivity index (χ1v) is 21.4. The van der Waals surface area contributed by atoms with E-state index in [1.807, 2.05) is 78.9 Å². The van der Waals surface area contributed by atoms with Gasteiger partial charge in [-0.15, -0.1) is 0 Å². The number of amides is 3. The van der Waals surface area contributed by atoms with Crippen LogP contribution >= 0.6 is 0 Å². The highest BCUT2D eigenvalue weighted by Crippen LogP contribution is 2.23. The van der Waals surface area contributed by atoms with Gasteiger partial charge in [-0.1, -0.05) is 127 Å². The molecule has 12 heteroatoms. The van der Waals surface area contributed by atoms with Crippen LogP contribution in [-0.4, -0.2) is 43.5 Å². The average Bonchev–Trinajstić information content (AvgIpc) is 3.22. The highest BCUT2D eigenvalue weighted by atomic mass is 32.2.